The number of halogens is 2. The molecule has 0 spiro atoms. The van der Waals surface area contributed by atoms with Crippen molar-refractivity contribution >= 4 is 11.9 Å². The van der Waals surface area contributed by atoms with E-state index >= 15 is 0 Å². The molecule has 2 unspecified atom stereocenters. The van der Waals surface area contributed by atoms with Crippen molar-refractivity contribution in [3.05, 3.63) is 0 Å². The van der Waals surface area contributed by atoms with E-state index in [9.17, 15) is 18.4 Å². The maximum Gasteiger partial charge on any atom is 0.376 e. The molecule has 0 amide bonds. The molecule has 8 bridgehead atoms. The van der Waals surface area contributed by atoms with Crippen molar-refractivity contribution in [1.82, 2.24) is 0 Å². The summed E-state index contributed by atoms with van der Waals surface area (Å²) in [5, 5.41) is 0. The lowest BCUT2D eigenvalue weighted by Crippen LogP contribution is -2.57. The van der Waals surface area contributed by atoms with Gasteiger partial charge in [0.05, 0.1) is 18.1 Å². The highest BCUT2D eigenvalue weighted by Crippen LogP contribution is 2.65. The van der Waals surface area contributed by atoms with Gasteiger partial charge in [0.2, 0.25) is 0 Å². The third-order valence-electron chi connectivity index (χ3n) is 10.5. The fourth-order valence-electron chi connectivity index (χ4n) is 9.80. The molecular weight excluding hydrogens is 442 g/mol. The van der Waals surface area contributed by atoms with Gasteiger partial charge in [-0.15, -0.1) is 0 Å². The Labute approximate surface area is 200 Å². The molecule has 0 radical (unpaired) electrons. The summed E-state index contributed by atoms with van der Waals surface area (Å²) in [6.07, 6.45) is 11.0. The van der Waals surface area contributed by atoms with Gasteiger partial charge in [0, 0.05) is 11.8 Å². The van der Waals surface area contributed by atoms with E-state index in [1.807, 2.05) is 0 Å². The number of ether oxygens (including phenoxy) is 3. The van der Waals surface area contributed by atoms with Gasteiger partial charge in [-0.2, -0.15) is 8.78 Å². The predicted octanol–water partition coefficient (Wildman–Crippen LogP) is 5.50. The highest BCUT2D eigenvalue weighted by molar-refractivity contribution is 5.78. The fourth-order valence-corrected chi connectivity index (χ4v) is 9.80. The van der Waals surface area contributed by atoms with Gasteiger partial charge in [-0.1, -0.05) is 6.92 Å². The third kappa shape index (κ3) is 3.88. The second-order valence-corrected chi connectivity index (χ2v) is 13.0. The van der Waals surface area contributed by atoms with Gasteiger partial charge in [0.25, 0.3) is 0 Å². The number of rotatable bonds is 8. The standard InChI is InChI=1S/C27H38F2O5/c1-2-27(28,29)24(31)32-14-25-9-18-4-19(10-25)12-26(11-18,13-25)23(30)34-15-33-22-20-5-16-3-17(7-20)8-21(22)6-16/h16-22H,2-15H2,1H3. The Morgan fingerprint density at radius 2 is 1.44 bits per heavy atom. The molecule has 190 valence electrons. The Morgan fingerprint density at radius 1 is 0.853 bits per heavy atom. The van der Waals surface area contributed by atoms with Crippen molar-refractivity contribution in [2.75, 3.05) is 13.4 Å². The Bertz CT molecular complexity index is 799. The van der Waals surface area contributed by atoms with Crippen molar-refractivity contribution in [2.45, 2.75) is 96.0 Å². The first kappa shape index (κ1) is 23.2. The number of hydrogen-bond donors (Lipinski definition) is 0. The van der Waals surface area contributed by atoms with Gasteiger partial charge in [-0.05, 0) is 106 Å². The van der Waals surface area contributed by atoms with Gasteiger partial charge < -0.3 is 14.2 Å². The van der Waals surface area contributed by atoms with E-state index in [0.717, 1.165) is 43.9 Å². The quantitative estimate of drug-likeness (QED) is 0.339. The van der Waals surface area contributed by atoms with Crippen molar-refractivity contribution < 1.29 is 32.6 Å². The Hall–Kier alpha value is -1.24. The summed E-state index contributed by atoms with van der Waals surface area (Å²) in [4.78, 5) is 25.3. The third-order valence-corrected chi connectivity index (χ3v) is 10.5. The molecule has 0 aromatic heterocycles. The summed E-state index contributed by atoms with van der Waals surface area (Å²) in [5.41, 5.74) is -0.970. The van der Waals surface area contributed by atoms with Crippen molar-refractivity contribution in [1.29, 1.82) is 0 Å². The summed E-state index contributed by atoms with van der Waals surface area (Å²) in [7, 11) is 0. The first-order chi connectivity index (χ1) is 16.2. The van der Waals surface area contributed by atoms with E-state index in [4.69, 9.17) is 14.2 Å². The molecule has 8 fully saturated rings. The summed E-state index contributed by atoms with van der Waals surface area (Å²) >= 11 is 0. The maximum atomic E-state index is 13.7. The largest absolute Gasteiger partial charge is 0.461 e. The van der Waals surface area contributed by atoms with Crippen LogP contribution in [0.4, 0.5) is 8.78 Å². The van der Waals surface area contributed by atoms with Crippen LogP contribution in [-0.4, -0.2) is 37.4 Å². The van der Waals surface area contributed by atoms with Crippen LogP contribution in [0.3, 0.4) is 0 Å². The average molecular weight is 481 g/mol. The summed E-state index contributed by atoms with van der Waals surface area (Å²) in [5.74, 6) is -1.37. The number of hydrogen-bond acceptors (Lipinski definition) is 5. The van der Waals surface area contributed by atoms with Crippen LogP contribution in [0.1, 0.15) is 84.0 Å². The summed E-state index contributed by atoms with van der Waals surface area (Å²) < 4.78 is 44.6. The normalized spacial score (nSPS) is 46.0. The smallest absolute Gasteiger partial charge is 0.376 e. The minimum absolute atomic E-state index is 0.0201. The van der Waals surface area contributed by atoms with E-state index < -0.39 is 23.7 Å². The second-order valence-electron chi connectivity index (χ2n) is 13.0. The molecular formula is C27H38F2O5. The molecule has 8 aliphatic rings. The molecule has 8 saturated carbocycles. The molecule has 0 aromatic carbocycles. The molecule has 0 heterocycles. The molecule has 0 aromatic rings. The predicted molar refractivity (Wildman–Crippen MR) is 119 cm³/mol. The van der Waals surface area contributed by atoms with Gasteiger partial charge in [-0.25, -0.2) is 4.79 Å². The highest BCUT2D eigenvalue weighted by Gasteiger charge is 2.62. The summed E-state index contributed by atoms with van der Waals surface area (Å²) in [6, 6.07) is 0. The molecule has 0 saturated heterocycles. The minimum atomic E-state index is -3.45. The van der Waals surface area contributed by atoms with Crippen LogP contribution in [0.25, 0.3) is 0 Å². The lowest BCUT2D eigenvalue weighted by Gasteiger charge is -2.60. The molecule has 5 nitrogen and oxygen atoms in total. The van der Waals surface area contributed by atoms with Gasteiger partial charge in [-0.3, -0.25) is 4.79 Å². The summed E-state index contributed by atoms with van der Waals surface area (Å²) in [6.45, 7) is 1.28. The lowest BCUT2D eigenvalue weighted by molar-refractivity contribution is -0.213. The fraction of sp³-hybridized carbons (Fsp3) is 0.926. The lowest BCUT2D eigenvalue weighted by atomic mass is 9.44. The van der Waals surface area contributed by atoms with Crippen LogP contribution in [0.2, 0.25) is 0 Å². The van der Waals surface area contributed by atoms with Crippen LogP contribution in [-0.2, 0) is 23.8 Å². The zero-order chi connectivity index (χ0) is 23.7. The topological polar surface area (TPSA) is 61.8 Å². The zero-order valence-electron chi connectivity index (χ0n) is 20.2. The molecule has 8 aliphatic carbocycles. The number of carbonyl (C=O) groups excluding carboxylic acids is 2. The highest BCUT2D eigenvalue weighted by atomic mass is 19.3. The molecule has 0 aliphatic heterocycles. The number of carbonyl (C=O) groups is 2. The van der Waals surface area contributed by atoms with E-state index in [2.05, 4.69) is 0 Å². The Kier molecular flexibility index (Phi) is 5.55. The number of esters is 2. The SMILES string of the molecule is CCC(F)(F)C(=O)OCC12CC3CC(C1)CC(C(=O)OCOC1C4CC5CC(C4)CC1C5)(C3)C2. The average Bonchev–Trinajstić information content (AvgIpc) is 2.77. The van der Waals surface area contributed by atoms with Crippen molar-refractivity contribution in [3.8, 4) is 0 Å². The van der Waals surface area contributed by atoms with Crippen LogP contribution in [0, 0.1) is 46.3 Å². The maximum absolute atomic E-state index is 13.7. The Balaban J connectivity index is 1.07. The van der Waals surface area contributed by atoms with E-state index in [0.29, 0.717) is 30.1 Å². The van der Waals surface area contributed by atoms with Crippen LogP contribution in [0.5, 0.6) is 0 Å². The van der Waals surface area contributed by atoms with Gasteiger partial charge >= 0.3 is 17.9 Å². The monoisotopic (exact) mass is 480 g/mol. The van der Waals surface area contributed by atoms with Crippen LogP contribution in [0.15, 0.2) is 0 Å². The first-order valence-corrected chi connectivity index (χ1v) is 13.5. The molecule has 34 heavy (non-hydrogen) atoms. The Morgan fingerprint density at radius 3 is 2.03 bits per heavy atom. The van der Waals surface area contributed by atoms with Crippen molar-refractivity contribution in [3.63, 3.8) is 0 Å². The van der Waals surface area contributed by atoms with Crippen LogP contribution < -0.4 is 0 Å². The van der Waals surface area contributed by atoms with Crippen LogP contribution >= 0.6 is 0 Å². The molecule has 2 atom stereocenters. The first-order valence-electron chi connectivity index (χ1n) is 13.5. The van der Waals surface area contributed by atoms with E-state index in [-0.39, 0.29) is 30.9 Å². The van der Waals surface area contributed by atoms with Gasteiger partial charge in [0.1, 0.15) is 0 Å². The van der Waals surface area contributed by atoms with Gasteiger partial charge in [0.15, 0.2) is 6.79 Å². The second kappa shape index (κ2) is 8.14. The number of alkyl halides is 2. The zero-order valence-corrected chi connectivity index (χ0v) is 20.2. The molecule has 8 rings (SSSR count). The molecule has 7 heteroatoms. The van der Waals surface area contributed by atoms with E-state index in [1.54, 1.807) is 0 Å². The minimum Gasteiger partial charge on any atom is -0.461 e. The van der Waals surface area contributed by atoms with Crippen molar-refractivity contribution in [2.24, 2.45) is 46.3 Å². The van der Waals surface area contributed by atoms with E-state index in [1.165, 1.54) is 39.0 Å². The molecule has 0 N–H and O–H groups in total.